The standard InChI is InChI=1S/C26H24P2.C6H4Cl.HI.Pd/c1-5-13-23(14-6-1)27(24-15-7-2-8-16-24)21-22-28(25-17-9-3-10-18-25)26-19-11-4-12-20-26;7-6-4-2-1-3-5-6;;/h1-20H,21-22H2;1-2,4-5H;1H;/q;-1;;+2/p-1. The molecule has 5 aromatic carbocycles. The van der Waals surface area contributed by atoms with Crippen LogP contribution in [-0.4, -0.2) is 12.3 Å². The van der Waals surface area contributed by atoms with Crippen LogP contribution in [0.3, 0.4) is 0 Å². The molecule has 0 saturated heterocycles. The van der Waals surface area contributed by atoms with Gasteiger partial charge in [-0.3, -0.25) is 0 Å². The van der Waals surface area contributed by atoms with Crippen LogP contribution in [0.5, 0.6) is 0 Å². The summed E-state index contributed by atoms with van der Waals surface area (Å²) in [5.74, 6) is 0. The van der Waals surface area contributed by atoms with Crippen molar-refractivity contribution in [3.8, 4) is 0 Å². The van der Waals surface area contributed by atoms with Gasteiger partial charge >= 0.3 is 35.1 Å². The number of halogens is 2. The second-order valence-electron chi connectivity index (χ2n) is 7.87. The van der Waals surface area contributed by atoms with Crippen molar-refractivity contribution in [2.24, 2.45) is 0 Å². The summed E-state index contributed by atoms with van der Waals surface area (Å²) >= 11 is 10.2. The molecular weight excluding hydrogens is 715 g/mol. The Hall–Kier alpha value is -1.36. The van der Waals surface area contributed by atoms with Gasteiger partial charge in [0.1, 0.15) is 0 Å². The van der Waals surface area contributed by atoms with Crippen LogP contribution >= 0.6 is 47.0 Å². The van der Waals surface area contributed by atoms with Gasteiger partial charge in [0, 0.05) is 0 Å². The third-order valence-corrected chi connectivity index (χ3v) is 11.1. The van der Waals surface area contributed by atoms with Crippen LogP contribution in [0.4, 0.5) is 0 Å². The maximum Gasteiger partial charge on any atom is -0.0195 e. The molecule has 0 amide bonds. The Morgan fingerprint density at radius 2 is 0.838 bits per heavy atom. The van der Waals surface area contributed by atoms with Crippen LogP contribution in [-0.2, 0) is 15.6 Å². The van der Waals surface area contributed by atoms with Gasteiger partial charge in [0.15, 0.2) is 0 Å². The van der Waals surface area contributed by atoms with E-state index in [4.69, 9.17) is 11.6 Å². The Morgan fingerprint density at radius 1 is 0.514 bits per heavy atom. The first-order valence-electron chi connectivity index (χ1n) is 11.8. The van der Waals surface area contributed by atoms with E-state index in [1.807, 2.05) is 37.7 Å². The fourth-order valence-electron chi connectivity index (χ4n) is 3.82. The van der Waals surface area contributed by atoms with Crippen LogP contribution < -0.4 is 21.2 Å². The molecule has 0 radical (unpaired) electrons. The quantitative estimate of drug-likeness (QED) is 0.0682. The van der Waals surface area contributed by atoms with E-state index in [1.165, 1.54) is 33.5 Å². The molecule has 0 bridgehead atoms. The molecule has 0 fully saturated rings. The Morgan fingerprint density at radius 3 is 1.05 bits per heavy atom. The van der Waals surface area contributed by atoms with E-state index in [1.54, 1.807) is 6.07 Å². The molecule has 0 atom stereocenters. The van der Waals surface area contributed by atoms with Crippen LogP contribution in [0.15, 0.2) is 146 Å². The van der Waals surface area contributed by atoms with E-state index in [9.17, 15) is 0 Å². The largest absolute Gasteiger partial charge is 0.0622 e. The third-order valence-electron chi connectivity index (χ3n) is 5.49. The first-order chi connectivity index (χ1) is 18.3. The molecule has 5 rings (SSSR count). The molecule has 0 unspecified atom stereocenters. The molecule has 0 aliphatic heterocycles. The molecule has 190 valence electrons. The van der Waals surface area contributed by atoms with Crippen LogP contribution in [0.2, 0.25) is 5.02 Å². The molecule has 37 heavy (non-hydrogen) atoms. The monoisotopic (exact) mass is 742 g/mol. The zero-order valence-corrected chi connectivity index (χ0v) is 26.5. The maximum atomic E-state index is 5.51. The van der Waals surface area contributed by atoms with Crippen LogP contribution in [0.1, 0.15) is 0 Å². The molecule has 5 heteroatoms. The van der Waals surface area contributed by atoms with Crippen molar-refractivity contribution in [1.82, 2.24) is 0 Å². The molecule has 0 aromatic heterocycles. The molecule has 0 aliphatic carbocycles. The van der Waals surface area contributed by atoms with Crippen molar-refractivity contribution in [3.05, 3.63) is 157 Å². The predicted octanol–water partition coefficient (Wildman–Crippen LogP) is 8.28. The van der Waals surface area contributed by atoms with Gasteiger partial charge in [-0.2, -0.15) is 41.9 Å². The second kappa shape index (κ2) is 18.0. The molecule has 0 aliphatic rings. The van der Waals surface area contributed by atoms with E-state index >= 15 is 0 Å². The normalized spacial score (nSPS) is 10.2. The smallest absolute Gasteiger partial charge is 0.0195 e. The first kappa shape index (κ1) is 30.2. The molecule has 0 N–H and O–H groups in total. The van der Waals surface area contributed by atoms with E-state index in [-0.39, 0.29) is 15.8 Å². The molecular formula is C32H28ClIP2Pd. The molecule has 0 saturated carbocycles. The maximum absolute atomic E-state index is 5.51. The van der Waals surface area contributed by atoms with E-state index in [0.717, 1.165) is 5.02 Å². The first-order valence-corrected chi connectivity index (χ1v) is 19.9. The fourth-order valence-corrected chi connectivity index (χ4v) is 9.31. The minimum absolute atomic E-state index is 0.348. The second-order valence-corrected chi connectivity index (χ2v) is 13.0. The number of benzene rings is 5. The van der Waals surface area contributed by atoms with Gasteiger partial charge < -0.3 is 0 Å². The minimum atomic E-state index is -0.348. The number of hydrogen-bond acceptors (Lipinski definition) is 0. The molecule has 0 heterocycles. The van der Waals surface area contributed by atoms with E-state index in [2.05, 4.69) is 143 Å². The van der Waals surface area contributed by atoms with Gasteiger partial charge in [0.25, 0.3) is 0 Å². The average molecular weight is 743 g/mol. The summed E-state index contributed by atoms with van der Waals surface area (Å²) in [5.41, 5.74) is 0. The van der Waals surface area contributed by atoms with E-state index in [0.29, 0.717) is 0 Å². The van der Waals surface area contributed by atoms with Crippen molar-refractivity contribution in [2.45, 2.75) is 0 Å². The van der Waals surface area contributed by atoms with Gasteiger partial charge in [-0.25, -0.2) is 0 Å². The SMILES string of the molecule is Clc1c[c-]ccc1.[Pd+][I].c1ccc(P(CCP(c2ccccc2)c2ccccc2)c2ccccc2)cc1. The van der Waals surface area contributed by atoms with Gasteiger partial charge in [-0.15, -0.1) is 0 Å². The summed E-state index contributed by atoms with van der Waals surface area (Å²) in [4.78, 5) is 0. The van der Waals surface area contributed by atoms with Crippen LogP contribution in [0.25, 0.3) is 0 Å². The summed E-state index contributed by atoms with van der Waals surface area (Å²) in [6, 6.07) is 54.2. The van der Waals surface area contributed by atoms with Crippen LogP contribution in [0, 0.1) is 6.07 Å². The van der Waals surface area contributed by atoms with Gasteiger partial charge in [0.2, 0.25) is 0 Å². The third kappa shape index (κ3) is 10.4. The summed E-state index contributed by atoms with van der Waals surface area (Å²) in [6.07, 6.45) is 2.41. The molecule has 0 nitrogen and oxygen atoms in total. The molecule has 5 aromatic rings. The molecule has 0 spiro atoms. The summed E-state index contributed by atoms with van der Waals surface area (Å²) in [6.45, 7) is 0. The fraction of sp³-hybridized carbons (Fsp3) is 0.0625. The summed E-state index contributed by atoms with van der Waals surface area (Å²) in [5, 5.41) is 6.63. The zero-order valence-electron chi connectivity index (χ0n) is 20.2. The Bertz CT molecular complexity index is 1080. The zero-order chi connectivity index (χ0) is 26.1. The van der Waals surface area contributed by atoms with Crippen molar-refractivity contribution in [2.75, 3.05) is 12.3 Å². The predicted molar refractivity (Wildman–Crippen MR) is 172 cm³/mol. The summed E-state index contributed by atoms with van der Waals surface area (Å²) in [7, 11) is -0.696. The van der Waals surface area contributed by atoms with Crippen molar-refractivity contribution in [3.63, 3.8) is 0 Å². The number of hydrogen-bond donors (Lipinski definition) is 0. The van der Waals surface area contributed by atoms with Gasteiger partial charge in [0.05, 0.1) is 0 Å². The summed E-state index contributed by atoms with van der Waals surface area (Å²) < 4.78 is 0. The Kier molecular flexibility index (Phi) is 14.7. The van der Waals surface area contributed by atoms with Crippen molar-refractivity contribution in [1.29, 1.82) is 0 Å². The van der Waals surface area contributed by atoms with Crippen molar-refractivity contribution < 1.29 is 15.6 Å². The topological polar surface area (TPSA) is 0 Å². The number of rotatable bonds is 7. The Labute approximate surface area is 250 Å². The van der Waals surface area contributed by atoms with Gasteiger partial charge in [-0.1, -0.05) is 126 Å². The van der Waals surface area contributed by atoms with Gasteiger partial charge in [-0.05, 0) is 49.4 Å². The average Bonchev–Trinajstić information content (AvgIpc) is 2.99. The van der Waals surface area contributed by atoms with Crippen molar-refractivity contribution >= 4 is 68.2 Å². The Balaban J connectivity index is 0.000000361. The van der Waals surface area contributed by atoms with E-state index < -0.39 is 0 Å². The minimum Gasteiger partial charge on any atom is -0.0622 e.